The Labute approximate surface area is 204 Å². The van der Waals surface area contributed by atoms with E-state index >= 15 is 0 Å². The SMILES string of the molecule is CC1C(O)=C(C2=NP(=O)(CCOCc3ccccc3)C3C=C(NS(C)(=O)=O)C=CC3=N2)C(=O)N1C. The first-order valence-electron chi connectivity index (χ1n) is 11.0. The summed E-state index contributed by atoms with van der Waals surface area (Å²) in [6, 6.07) is 8.97. The normalized spacial score (nSPS) is 26.3. The van der Waals surface area contributed by atoms with Gasteiger partial charge in [0.15, 0.2) is 5.84 Å². The van der Waals surface area contributed by atoms with Crippen molar-refractivity contribution in [1.82, 2.24) is 9.62 Å². The Hall–Kier alpha value is -3.01. The van der Waals surface area contributed by atoms with E-state index in [1.807, 2.05) is 30.3 Å². The van der Waals surface area contributed by atoms with Gasteiger partial charge in [-0.3, -0.25) is 14.1 Å². The molecule has 0 fully saturated rings. The van der Waals surface area contributed by atoms with E-state index in [4.69, 9.17) is 4.74 Å². The fourth-order valence-electron chi connectivity index (χ4n) is 3.98. The Morgan fingerprint density at radius 3 is 2.57 bits per heavy atom. The minimum atomic E-state index is -3.55. The zero-order valence-electron chi connectivity index (χ0n) is 19.6. The van der Waals surface area contributed by atoms with E-state index in [-0.39, 0.29) is 35.6 Å². The lowest BCUT2D eigenvalue weighted by Gasteiger charge is -2.29. The van der Waals surface area contributed by atoms with Gasteiger partial charge >= 0.3 is 0 Å². The van der Waals surface area contributed by atoms with Gasteiger partial charge in [0.1, 0.15) is 11.3 Å². The molecule has 1 aliphatic carbocycles. The van der Waals surface area contributed by atoms with Gasteiger partial charge in [-0.05, 0) is 30.7 Å². The van der Waals surface area contributed by atoms with Crippen molar-refractivity contribution in [2.45, 2.75) is 25.2 Å². The van der Waals surface area contributed by atoms with Crippen LogP contribution < -0.4 is 4.72 Å². The molecule has 0 aromatic heterocycles. The van der Waals surface area contributed by atoms with Crippen molar-refractivity contribution in [1.29, 1.82) is 0 Å². The Balaban J connectivity index is 1.65. The topological polar surface area (TPSA) is 138 Å². The molecule has 1 aromatic carbocycles. The van der Waals surface area contributed by atoms with E-state index in [1.54, 1.807) is 20.0 Å². The molecule has 0 saturated carbocycles. The first kappa shape index (κ1) is 25.1. The van der Waals surface area contributed by atoms with Crippen molar-refractivity contribution < 1.29 is 27.6 Å². The number of fused-ring (bicyclic) bond motifs is 1. The number of nitrogens with one attached hydrogen (secondary N) is 1. The summed E-state index contributed by atoms with van der Waals surface area (Å²) in [5, 5.41) is 10.6. The molecule has 186 valence electrons. The number of hydrogen-bond acceptors (Lipinski definition) is 7. The highest BCUT2D eigenvalue weighted by Crippen LogP contribution is 2.56. The molecular weight excluding hydrogens is 491 g/mol. The van der Waals surface area contributed by atoms with E-state index in [0.717, 1.165) is 11.8 Å². The van der Waals surface area contributed by atoms with Crippen molar-refractivity contribution in [2.75, 3.05) is 26.1 Å². The van der Waals surface area contributed by atoms with Crippen LogP contribution in [0.15, 0.2) is 75.3 Å². The van der Waals surface area contributed by atoms with E-state index < -0.39 is 34.9 Å². The molecule has 3 unspecified atom stereocenters. The number of rotatable bonds is 8. The number of hydrogen-bond donors (Lipinski definition) is 2. The van der Waals surface area contributed by atoms with Crippen LogP contribution in [-0.2, 0) is 30.7 Å². The zero-order valence-corrected chi connectivity index (χ0v) is 21.3. The fourth-order valence-corrected chi connectivity index (χ4v) is 6.85. The summed E-state index contributed by atoms with van der Waals surface area (Å²) < 4.78 is 50.2. The number of amidine groups is 1. The Bertz CT molecular complexity index is 1350. The third-order valence-electron chi connectivity index (χ3n) is 5.97. The second kappa shape index (κ2) is 9.56. The second-order valence-corrected chi connectivity index (χ2v) is 13.1. The summed E-state index contributed by atoms with van der Waals surface area (Å²) in [4.78, 5) is 18.6. The van der Waals surface area contributed by atoms with Gasteiger partial charge in [0, 0.05) is 18.9 Å². The van der Waals surface area contributed by atoms with Crippen molar-refractivity contribution in [3.05, 3.63) is 71.2 Å². The summed E-state index contributed by atoms with van der Waals surface area (Å²) in [6.45, 7) is 2.11. The van der Waals surface area contributed by atoms with Gasteiger partial charge in [0.2, 0.25) is 17.3 Å². The van der Waals surface area contributed by atoms with Gasteiger partial charge in [0.25, 0.3) is 5.91 Å². The van der Waals surface area contributed by atoms with Crippen LogP contribution in [0.2, 0.25) is 0 Å². The minimum Gasteiger partial charge on any atom is -0.509 e. The molecule has 3 aliphatic rings. The van der Waals surface area contributed by atoms with E-state index in [9.17, 15) is 22.9 Å². The van der Waals surface area contributed by atoms with Crippen LogP contribution in [0, 0.1) is 0 Å². The number of nitrogens with zero attached hydrogens (tertiary/aromatic N) is 3. The van der Waals surface area contributed by atoms with Crippen LogP contribution in [0.3, 0.4) is 0 Å². The molecule has 0 spiro atoms. The number of likely N-dealkylation sites (N-methyl/N-ethyl adjacent to an activating group) is 1. The molecule has 2 heterocycles. The lowest BCUT2D eigenvalue weighted by Crippen LogP contribution is -2.32. The predicted octanol–water partition coefficient (Wildman–Crippen LogP) is 2.38. The molecule has 1 amide bonds. The minimum absolute atomic E-state index is 0.0388. The molecular formula is C23H27N4O6PS. The van der Waals surface area contributed by atoms with Gasteiger partial charge in [0.05, 0.1) is 36.9 Å². The molecule has 0 radical (unpaired) electrons. The molecule has 10 nitrogen and oxygen atoms in total. The number of aliphatic hydroxyl groups excluding tert-OH is 1. The summed E-state index contributed by atoms with van der Waals surface area (Å²) >= 11 is 0. The molecule has 4 rings (SSSR count). The summed E-state index contributed by atoms with van der Waals surface area (Å²) in [6.07, 6.45) is 5.65. The van der Waals surface area contributed by atoms with Gasteiger partial charge in [-0.1, -0.05) is 30.3 Å². The number of carbonyl (C=O) groups excluding carboxylic acids is 1. The van der Waals surface area contributed by atoms with Gasteiger partial charge in [-0.2, -0.15) is 0 Å². The maximum absolute atomic E-state index is 14.2. The predicted molar refractivity (Wildman–Crippen MR) is 134 cm³/mol. The third-order valence-corrected chi connectivity index (χ3v) is 9.21. The number of allylic oxidation sites excluding steroid dienone is 3. The summed E-state index contributed by atoms with van der Waals surface area (Å²) in [5.41, 5.74) is 0.720. The van der Waals surface area contributed by atoms with Gasteiger partial charge in [-0.25, -0.2) is 18.2 Å². The maximum atomic E-state index is 14.2. The number of aliphatic imine (C=N–C) groups is 1. The zero-order chi connectivity index (χ0) is 25.4. The molecule has 35 heavy (non-hydrogen) atoms. The van der Waals surface area contributed by atoms with Gasteiger partial charge in [-0.15, -0.1) is 0 Å². The maximum Gasteiger partial charge on any atom is 0.261 e. The van der Waals surface area contributed by atoms with Crippen molar-refractivity contribution in [3.63, 3.8) is 0 Å². The van der Waals surface area contributed by atoms with Crippen LogP contribution >= 0.6 is 7.29 Å². The van der Waals surface area contributed by atoms with Crippen LogP contribution in [0.4, 0.5) is 0 Å². The fraction of sp³-hybridized carbons (Fsp3) is 0.348. The van der Waals surface area contributed by atoms with Crippen molar-refractivity contribution >= 4 is 34.8 Å². The average molecular weight is 519 g/mol. The number of carbonyl (C=O) groups is 1. The van der Waals surface area contributed by atoms with Crippen molar-refractivity contribution in [3.8, 4) is 0 Å². The lowest BCUT2D eigenvalue weighted by atomic mass is 10.1. The number of amides is 1. The second-order valence-electron chi connectivity index (χ2n) is 8.60. The largest absolute Gasteiger partial charge is 0.509 e. The Morgan fingerprint density at radius 1 is 1.23 bits per heavy atom. The van der Waals surface area contributed by atoms with Crippen LogP contribution in [-0.4, -0.2) is 73.7 Å². The highest BCUT2D eigenvalue weighted by molar-refractivity contribution is 7.88. The molecule has 1 aromatic rings. The number of aliphatic hydroxyl groups is 1. The van der Waals surface area contributed by atoms with E-state index in [1.165, 1.54) is 17.1 Å². The molecule has 3 atom stereocenters. The molecule has 0 saturated heterocycles. The summed E-state index contributed by atoms with van der Waals surface area (Å²) in [7, 11) is -5.51. The smallest absolute Gasteiger partial charge is 0.261 e. The molecule has 0 bridgehead atoms. The van der Waals surface area contributed by atoms with Crippen LogP contribution in [0.25, 0.3) is 0 Å². The summed E-state index contributed by atoms with van der Waals surface area (Å²) in [5.74, 6) is -0.724. The first-order chi connectivity index (χ1) is 16.5. The van der Waals surface area contributed by atoms with Crippen LogP contribution in [0.1, 0.15) is 12.5 Å². The number of benzene rings is 1. The number of ether oxygens (including phenoxy) is 1. The Morgan fingerprint density at radius 2 is 1.94 bits per heavy atom. The first-order valence-corrected chi connectivity index (χ1v) is 14.8. The molecule has 2 aliphatic heterocycles. The van der Waals surface area contributed by atoms with Crippen LogP contribution in [0.5, 0.6) is 0 Å². The van der Waals surface area contributed by atoms with E-state index in [0.29, 0.717) is 12.3 Å². The quantitative estimate of drug-likeness (QED) is 0.400. The third kappa shape index (κ3) is 5.32. The average Bonchev–Trinajstić information content (AvgIpc) is 2.99. The highest BCUT2D eigenvalue weighted by atomic mass is 32.2. The molecule has 12 heteroatoms. The van der Waals surface area contributed by atoms with Crippen molar-refractivity contribution in [2.24, 2.45) is 9.76 Å². The monoisotopic (exact) mass is 518 g/mol. The molecule has 2 N–H and O–H groups in total. The highest BCUT2D eigenvalue weighted by Gasteiger charge is 2.44. The Kier molecular flexibility index (Phi) is 6.86. The lowest BCUT2D eigenvalue weighted by molar-refractivity contribution is -0.125. The van der Waals surface area contributed by atoms with E-state index in [2.05, 4.69) is 14.5 Å². The standard InChI is InChI=1S/C23H27N4O6PS/c1-15-21(28)20(23(29)27(15)2)22-24-18-10-9-17(26-35(3,31)32)13-19(18)34(30,25-22)12-11-33-14-16-7-5-4-6-8-16/h4-10,13,15,19,26,28H,11-12,14H2,1-3H3. The number of sulfonamides is 1. The van der Waals surface area contributed by atoms with Gasteiger partial charge < -0.3 is 14.7 Å².